The van der Waals surface area contributed by atoms with Gasteiger partial charge in [0.05, 0.1) is 7.11 Å². The Morgan fingerprint density at radius 1 is 1.33 bits per heavy atom. The minimum Gasteiger partial charge on any atom is -0.497 e. The molecule has 0 bridgehead atoms. The van der Waals surface area contributed by atoms with Gasteiger partial charge in [-0.1, -0.05) is 12.8 Å². The van der Waals surface area contributed by atoms with Gasteiger partial charge in [0.2, 0.25) is 5.91 Å². The molecule has 1 atom stereocenters. The van der Waals surface area contributed by atoms with E-state index in [0.717, 1.165) is 30.3 Å². The number of nitrogens with zero attached hydrogens (tertiary/aromatic N) is 1. The third-order valence-electron chi connectivity index (χ3n) is 5.91. The van der Waals surface area contributed by atoms with E-state index in [2.05, 4.69) is 5.32 Å². The second-order valence-corrected chi connectivity index (χ2v) is 7.68. The van der Waals surface area contributed by atoms with Gasteiger partial charge in [-0.25, -0.2) is 0 Å². The van der Waals surface area contributed by atoms with Crippen LogP contribution in [0.5, 0.6) is 5.75 Å². The third-order valence-corrected chi connectivity index (χ3v) is 5.91. The lowest BCUT2D eigenvalue weighted by atomic mass is 10.1. The number of likely N-dealkylation sites (tertiary alicyclic amines) is 1. The standard InChI is InChI=1S/C21H26N2O4/c1-13-17-8-7-16(26-2)10-18(17)27-20(13)21(25)22-11-14-9-19(24)23(12-14)15-5-3-4-6-15/h7-8,10,14-15H,3-6,9,11-12H2,1-2H3,(H,22,25)/t14-/m1/s1. The van der Waals surface area contributed by atoms with Crippen molar-refractivity contribution in [3.8, 4) is 5.75 Å². The van der Waals surface area contributed by atoms with Crippen LogP contribution in [0.15, 0.2) is 22.6 Å². The van der Waals surface area contributed by atoms with Gasteiger partial charge in [0.15, 0.2) is 5.76 Å². The summed E-state index contributed by atoms with van der Waals surface area (Å²) in [5.41, 5.74) is 1.46. The molecule has 2 fully saturated rings. The summed E-state index contributed by atoms with van der Waals surface area (Å²) in [5, 5.41) is 3.87. The van der Waals surface area contributed by atoms with E-state index >= 15 is 0 Å². The smallest absolute Gasteiger partial charge is 0.287 e. The molecule has 27 heavy (non-hydrogen) atoms. The summed E-state index contributed by atoms with van der Waals surface area (Å²) in [5.74, 6) is 1.20. The highest BCUT2D eigenvalue weighted by Crippen LogP contribution is 2.30. The monoisotopic (exact) mass is 370 g/mol. The minimum absolute atomic E-state index is 0.173. The molecule has 2 amide bonds. The largest absolute Gasteiger partial charge is 0.497 e. The highest BCUT2D eigenvalue weighted by atomic mass is 16.5. The molecule has 6 heteroatoms. The number of aryl methyl sites for hydroxylation is 1. The Hall–Kier alpha value is -2.50. The van der Waals surface area contributed by atoms with Gasteiger partial charge in [0, 0.05) is 48.5 Å². The maximum absolute atomic E-state index is 12.6. The van der Waals surface area contributed by atoms with Crippen LogP contribution >= 0.6 is 0 Å². The fourth-order valence-corrected chi connectivity index (χ4v) is 4.38. The van der Waals surface area contributed by atoms with Gasteiger partial charge in [-0.2, -0.15) is 0 Å². The average molecular weight is 370 g/mol. The number of carbonyl (C=O) groups excluding carboxylic acids is 2. The first-order valence-electron chi connectivity index (χ1n) is 9.71. The Bertz CT molecular complexity index is 866. The first-order chi connectivity index (χ1) is 13.1. The highest BCUT2D eigenvalue weighted by Gasteiger charge is 2.35. The van der Waals surface area contributed by atoms with E-state index in [-0.39, 0.29) is 17.7 Å². The molecule has 144 valence electrons. The Labute approximate surface area is 158 Å². The lowest BCUT2D eigenvalue weighted by Crippen LogP contribution is -2.36. The van der Waals surface area contributed by atoms with Crippen LogP contribution in [0, 0.1) is 12.8 Å². The van der Waals surface area contributed by atoms with E-state index in [1.807, 2.05) is 24.0 Å². The van der Waals surface area contributed by atoms with Crippen molar-refractivity contribution in [1.82, 2.24) is 10.2 Å². The van der Waals surface area contributed by atoms with Gasteiger partial charge in [0.25, 0.3) is 5.91 Å². The summed E-state index contributed by atoms with van der Waals surface area (Å²) in [6.07, 6.45) is 5.18. The summed E-state index contributed by atoms with van der Waals surface area (Å²) in [6.45, 7) is 3.13. The maximum atomic E-state index is 12.6. The third kappa shape index (κ3) is 3.40. The number of benzene rings is 1. The van der Waals surface area contributed by atoms with Crippen molar-refractivity contribution < 1.29 is 18.7 Å². The zero-order valence-electron chi connectivity index (χ0n) is 15.9. The van der Waals surface area contributed by atoms with Crippen molar-refractivity contribution in [2.45, 2.75) is 45.1 Å². The van der Waals surface area contributed by atoms with Gasteiger partial charge in [0.1, 0.15) is 11.3 Å². The molecule has 1 saturated carbocycles. The lowest BCUT2D eigenvalue weighted by Gasteiger charge is -2.24. The number of rotatable bonds is 5. The van der Waals surface area contributed by atoms with Crippen LogP contribution in [0.2, 0.25) is 0 Å². The maximum Gasteiger partial charge on any atom is 0.287 e. The molecule has 0 spiro atoms. The Morgan fingerprint density at radius 2 is 2.11 bits per heavy atom. The minimum atomic E-state index is -0.227. The number of hydrogen-bond acceptors (Lipinski definition) is 4. The molecule has 2 aromatic rings. The molecular formula is C21H26N2O4. The van der Waals surface area contributed by atoms with Crippen molar-refractivity contribution in [1.29, 1.82) is 0 Å². The van der Waals surface area contributed by atoms with E-state index in [4.69, 9.17) is 9.15 Å². The molecule has 1 aliphatic carbocycles. The van der Waals surface area contributed by atoms with Gasteiger partial charge >= 0.3 is 0 Å². The molecule has 2 aliphatic rings. The van der Waals surface area contributed by atoms with Crippen molar-refractivity contribution in [3.63, 3.8) is 0 Å². The summed E-state index contributed by atoms with van der Waals surface area (Å²) >= 11 is 0. The predicted octanol–water partition coefficient (Wildman–Crippen LogP) is 3.27. The van der Waals surface area contributed by atoms with Crippen LogP contribution in [0.3, 0.4) is 0 Å². The van der Waals surface area contributed by atoms with Gasteiger partial charge in [-0.15, -0.1) is 0 Å². The molecule has 1 N–H and O–H groups in total. The SMILES string of the molecule is COc1ccc2c(C)c(C(=O)NC[C@H]3CC(=O)N(C4CCCC4)C3)oc2c1. The number of amides is 2. The molecule has 1 saturated heterocycles. The molecule has 1 aliphatic heterocycles. The number of methoxy groups -OCH3 is 1. The lowest BCUT2D eigenvalue weighted by molar-refractivity contribution is -0.129. The number of fused-ring (bicyclic) bond motifs is 1. The van der Waals surface area contributed by atoms with Crippen molar-refractivity contribution >= 4 is 22.8 Å². The molecule has 1 aromatic carbocycles. The quantitative estimate of drug-likeness (QED) is 0.877. The van der Waals surface area contributed by atoms with Gasteiger partial charge in [-0.3, -0.25) is 9.59 Å². The molecule has 1 aromatic heterocycles. The van der Waals surface area contributed by atoms with E-state index in [0.29, 0.717) is 36.1 Å². The van der Waals surface area contributed by atoms with E-state index < -0.39 is 0 Å². The highest BCUT2D eigenvalue weighted by molar-refractivity contribution is 5.99. The number of hydrogen-bond donors (Lipinski definition) is 1. The van der Waals surface area contributed by atoms with E-state index in [1.165, 1.54) is 12.8 Å². The van der Waals surface area contributed by atoms with Crippen LogP contribution < -0.4 is 10.1 Å². The summed E-state index contributed by atoms with van der Waals surface area (Å²) in [6, 6.07) is 5.95. The first kappa shape index (κ1) is 17.9. The fraction of sp³-hybridized carbons (Fsp3) is 0.524. The van der Waals surface area contributed by atoms with Gasteiger partial charge < -0.3 is 19.4 Å². The molecule has 6 nitrogen and oxygen atoms in total. The van der Waals surface area contributed by atoms with Crippen molar-refractivity contribution in [2.24, 2.45) is 5.92 Å². The molecule has 0 unspecified atom stereocenters. The molecule has 2 heterocycles. The zero-order chi connectivity index (χ0) is 19.0. The number of nitrogens with one attached hydrogen (secondary N) is 1. The topological polar surface area (TPSA) is 71.8 Å². The molecule has 0 radical (unpaired) electrons. The summed E-state index contributed by atoms with van der Waals surface area (Å²) in [7, 11) is 1.60. The second-order valence-electron chi connectivity index (χ2n) is 7.68. The van der Waals surface area contributed by atoms with E-state index in [1.54, 1.807) is 13.2 Å². The Balaban J connectivity index is 1.40. The fourth-order valence-electron chi connectivity index (χ4n) is 4.38. The molecule has 4 rings (SSSR count). The summed E-state index contributed by atoms with van der Waals surface area (Å²) < 4.78 is 11.0. The Morgan fingerprint density at radius 3 is 2.85 bits per heavy atom. The number of carbonyl (C=O) groups is 2. The van der Waals surface area contributed by atoms with Crippen LogP contribution in [0.25, 0.3) is 11.0 Å². The van der Waals surface area contributed by atoms with Crippen molar-refractivity contribution in [2.75, 3.05) is 20.2 Å². The summed E-state index contributed by atoms with van der Waals surface area (Å²) in [4.78, 5) is 27.0. The number of furan rings is 1. The van der Waals surface area contributed by atoms with Crippen LogP contribution in [0.1, 0.15) is 48.2 Å². The van der Waals surface area contributed by atoms with Crippen LogP contribution in [-0.2, 0) is 4.79 Å². The van der Waals surface area contributed by atoms with Gasteiger partial charge in [-0.05, 0) is 31.9 Å². The average Bonchev–Trinajstić information content (AvgIpc) is 3.39. The number of ether oxygens (including phenoxy) is 1. The molecular weight excluding hydrogens is 344 g/mol. The first-order valence-corrected chi connectivity index (χ1v) is 9.71. The second kappa shape index (κ2) is 7.25. The Kier molecular flexibility index (Phi) is 4.81. The predicted molar refractivity (Wildman–Crippen MR) is 102 cm³/mol. The van der Waals surface area contributed by atoms with Crippen molar-refractivity contribution in [3.05, 3.63) is 29.5 Å². The van der Waals surface area contributed by atoms with Crippen LogP contribution in [-0.4, -0.2) is 43.0 Å². The van der Waals surface area contributed by atoms with Crippen LogP contribution in [0.4, 0.5) is 0 Å². The van der Waals surface area contributed by atoms with E-state index in [9.17, 15) is 9.59 Å². The normalized spacial score (nSPS) is 20.6. The zero-order valence-corrected chi connectivity index (χ0v) is 15.9.